The second kappa shape index (κ2) is 12.2. The highest BCUT2D eigenvalue weighted by molar-refractivity contribution is 6.32. The highest BCUT2D eigenvalue weighted by Gasteiger charge is 2.61. The highest BCUT2D eigenvalue weighted by Crippen LogP contribution is 2.42. The Morgan fingerprint density at radius 2 is 1.80 bits per heavy atom. The molecule has 3 rings (SSSR count). The van der Waals surface area contributed by atoms with Crippen LogP contribution in [-0.2, 0) is 10.4 Å². The third kappa shape index (κ3) is 6.63. The van der Waals surface area contributed by atoms with Crippen LogP contribution in [0.15, 0.2) is 36.4 Å². The van der Waals surface area contributed by atoms with Crippen molar-refractivity contribution in [2.45, 2.75) is 44.4 Å². The lowest BCUT2D eigenvalue weighted by Gasteiger charge is -2.40. The van der Waals surface area contributed by atoms with Crippen LogP contribution in [0.25, 0.3) is 0 Å². The van der Waals surface area contributed by atoms with Crippen molar-refractivity contribution in [1.82, 2.24) is 14.8 Å². The minimum Gasteiger partial charge on any atom is -0.497 e. The normalized spacial score (nSPS) is 16.7. The van der Waals surface area contributed by atoms with E-state index in [2.05, 4.69) is 16.8 Å². The molecule has 2 heterocycles. The monoisotopic (exact) mass is 584 g/mol. The molecule has 1 aromatic heterocycles. The topological polar surface area (TPSA) is 86.2 Å². The summed E-state index contributed by atoms with van der Waals surface area (Å²) in [4.78, 5) is 34.1. The molecule has 12 heteroatoms. The molecule has 1 saturated heterocycles. The molecular weight excluding hydrogens is 549 g/mol. The molecule has 2 aromatic rings. The van der Waals surface area contributed by atoms with Crippen LogP contribution >= 0.6 is 11.6 Å². The van der Waals surface area contributed by atoms with Gasteiger partial charge in [-0.3, -0.25) is 9.59 Å². The lowest BCUT2D eigenvalue weighted by Crippen LogP contribution is -2.55. The molecule has 220 valence electrons. The number of anilines is 1. The summed E-state index contributed by atoms with van der Waals surface area (Å²) in [7, 11) is 5.84. The predicted octanol–water partition coefficient (Wildman–Crippen LogP) is 4.74. The first kappa shape index (κ1) is 31.5. The average molecular weight is 585 g/mol. The number of hydrogen-bond acceptors (Lipinski definition) is 6. The van der Waals surface area contributed by atoms with Crippen LogP contribution < -0.4 is 9.64 Å². The maximum Gasteiger partial charge on any atom is 0.430 e. The van der Waals surface area contributed by atoms with E-state index < -0.39 is 23.2 Å². The molecule has 1 aliphatic rings. The summed E-state index contributed by atoms with van der Waals surface area (Å²) in [6.07, 6.45) is -2.46. The van der Waals surface area contributed by atoms with Gasteiger partial charge in [0.2, 0.25) is 0 Å². The molecular formula is C28H36ClF3N4O4. The molecule has 2 amide bonds. The standard InChI is InChI=1S/C28H36ClF3N4O4/c1-26(13-16-36(17-14-26)22-11-10-21(23(29)33-22)24(37)34(2)3)12-7-15-35(4)25(38)27(39,28(30,31)32)19-8-6-9-20(18-19)40-5/h6,8-11,18,39H,7,12-17H2,1-5H3. The van der Waals surface area contributed by atoms with E-state index in [1.165, 1.54) is 31.2 Å². The lowest BCUT2D eigenvalue weighted by atomic mass is 9.76. The molecule has 1 unspecified atom stereocenters. The Kier molecular flexibility index (Phi) is 9.62. The SMILES string of the molecule is COc1cccc(C(O)(C(=O)N(C)CCCC2(C)CCN(c3ccc(C(=O)N(C)C)c(Cl)n3)CC2)C(F)(F)F)c1. The van der Waals surface area contributed by atoms with E-state index in [1.54, 1.807) is 26.2 Å². The van der Waals surface area contributed by atoms with Gasteiger partial charge in [-0.25, -0.2) is 4.98 Å². The number of benzene rings is 1. The minimum absolute atomic E-state index is 0.0546. The summed E-state index contributed by atoms with van der Waals surface area (Å²) in [5, 5.41) is 10.8. The number of carbonyl (C=O) groups excluding carboxylic acids is 2. The average Bonchev–Trinajstić information content (AvgIpc) is 2.91. The second-order valence-electron chi connectivity index (χ2n) is 10.8. The van der Waals surface area contributed by atoms with Crippen molar-refractivity contribution in [2.24, 2.45) is 5.41 Å². The van der Waals surface area contributed by atoms with Crippen molar-refractivity contribution in [2.75, 3.05) is 52.8 Å². The molecule has 0 spiro atoms. The van der Waals surface area contributed by atoms with E-state index in [0.717, 1.165) is 29.9 Å². The summed E-state index contributed by atoms with van der Waals surface area (Å²) >= 11 is 6.27. The van der Waals surface area contributed by atoms with Gasteiger partial charge in [-0.1, -0.05) is 30.7 Å². The van der Waals surface area contributed by atoms with Gasteiger partial charge in [0, 0.05) is 46.3 Å². The molecule has 0 bridgehead atoms. The number of carbonyl (C=O) groups is 2. The minimum atomic E-state index is -5.22. The van der Waals surface area contributed by atoms with Crippen LogP contribution in [0.3, 0.4) is 0 Å². The van der Waals surface area contributed by atoms with Gasteiger partial charge in [0.15, 0.2) is 0 Å². The molecule has 0 saturated carbocycles. The molecule has 1 fully saturated rings. The first-order valence-electron chi connectivity index (χ1n) is 13.0. The number of hydrogen-bond donors (Lipinski definition) is 1. The molecule has 40 heavy (non-hydrogen) atoms. The van der Waals surface area contributed by atoms with Gasteiger partial charge in [0.1, 0.15) is 16.7 Å². The molecule has 1 atom stereocenters. The summed E-state index contributed by atoms with van der Waals surface area (Å²) in [6, 6.07) is 8.26. The number of piperidine rings is 1. The van der Waals surface area contributed by atoms with Gasteiger partial charge < -0.3 is 24.5 Å². The first-order chi connectivity index (χ1) is 18.6. The number of aromatic nitrogens is 1. The fourth-order valence-corrected chi connectivity index (χ4v) is 5.13. The third-order valence-electron chi connectivity index (χ3n) is 7.59. The zero-order valence-corrected chi connectivity index (χ0v) is 24.1. The fourth-order valence-electron chi connectivity index (χ4n) is 4.90. The Morgan fingerprint density at radius 3 is 2.35 bits per heavy atom. The van der Waals surface area contributed by atoms with E-state index >= 15 is 0 Å². The van der Waals surface area contributed by atoms with Crippen molar-refractivity contribution in [1.29, 1.82) is 0 Å². The smallest absolute Gasteiger partial charge is 0.430 e. The van der Waals surface area contributed by atoms with E-state index in [4.69, 9.17) is 16.3 Å². The molecule has 1 N–H and O–H groups in total. The van der Waals surface area contributed by atoms with Crippen LogP contribution in [0.4, 0.5) is 19.0 Å². The van der Waals surface area contributed by atoms with Crippen LogP contribution in [-0.4, -0.2) is 85.8 Å². The summed E-state index contributed by atoms with van der Waals surface area (Å²) in [6.45, 7) is 3.56. The quantitative estimate of drug-likeness (QED) is 0.429. The van der Waals surface area contributed by atoms with Crippen molar-refractivity contribution in [3.8, 4) is 5.75 Å². The van der Waals surface area contributed by atoms with Gasteiger partial charge in [0.25, 0.3) is 17.4 Å². The number of rotatable bonds is 9. The van der Waals surface area contributed by atoms with Gasteiger partial charge in [0.05, 0.1) is 12.7 Å². The van der Waals surface area contributed by atoms with Crippen molar-refractivity contribution in [3.05, 3.63) is 52.7 Å². The number of likely N-dealkylation sites (N-methyl/N-ethyl adjacent to an activating group) is 1. The number of ether oxygens (including phenoxy) is 1. The molecule has 0 radical (unpaired) electrons. The summed E-state index contributed by atoms with van der Waals surface area (Å²) in [5.41, 5.74) is -4.03. The number of aliphatic hydroxyl groups is 1. The highest BCUT2D eigenvalue weighted by atomic mass is 35.5. The third-order valence-corrected chi connectivity index (χ3v) is 7.88. The van der Waals surface area contributed by atoms with Gasteiger partial charge in [-0.05, 0) is 55.4 Å². The molecule has 8 nitrogen and oxygen atoms in total. The zero-order valence-electron chi connectivity index (χ0n) is 23.4. The predicted molar refractivity (Wildman–Crippen MR) is 147 cm³/mol. The Labute approximate surface area is 237 Å². The number of pyridine rings is 1. The number of nitrogens with zero attached hydrogens (tertiary/aromatic N) is 4. The zero-order chi connectivity index (χ0) is 29.9. The fraction of sp³-hybridized carbons (Fsp3) is 0.536. The Balaban J connectivity index is 1.60. The Bertz CT molecular complexity index is 1220. The van der Waals surface area contributed by atoms with E-state index in [1.807, 2.05) is 0 Å². The number of alkyl halides is 3. The van der Waals surface area contributed by atoms with Crippen molar-refractivity contribution < 1.29 is 32.6 Å². The largest absolute Gasteiger partial charge is 0.497 e. The van der Waals surface area contributed by atoms with Crippen LogP contribution in [0, 0.1) is 5.41 Å². The number of amides is 2. The summed E-state index contributed by atoms with van der Waals surface area (Å²) < 4.78 is 47.1. The molecule has 1 aliphatic heterocycles. The molecule has 1 aromatic carbocycles. The maximum absolute atomic E-state index is 14.0. The Morgan fingerprint density at radius 1 is 1.15 bits per heavy atom. The number of methoxy groups -OCH3 is 1. The maximum atomic E-state index is 14.0. The van der Waals surface area contributed by atoms with Crippen LogP contribution in [0.2, 0.25) is 5.15 Å². The first-order valence-corrected chi connectivity index (χ1v) is 13.3. The van der Waals surface area contributed by atoms with E-state index in [-0.39, 0.29) is 28.8 Å². The van der Waals surface area contributed by atoms with Crippen LogP contribution in [0.1, 0.15) is 48.5 Å². The number of halogens is 4. The van der Waals surface area contributed by atoms with Crippen molar-refractivity contribution >= 4 is 29.2 Å². The lowest BCUT2D eigenvalue weighted by molar-refractivity contribution is -0.261. The molecule has 0 aliphatic carbocycles. The summed E-state index contributed by atoms with van der Waals surface area (Å²) in [5.74, 6) is -0.884. The van der Waals surface area contributed by atoms with Crippen LogP contribution in [0.5, 0.6) is 5.75 Å². The van der Waals surface area contributed by atoms with E-state index in [9.17, 15) is 27.9 Å². The second-order valence-corrected chi connectivity index (χ2v) is 11.1. The van der Waals surface area contributed by atoms with Gasteiger partial charge in [-0.15, -0.1) is 0 Å². The van der Waals surface area contributed by atoms with Gasteiger partial charge in [-0.2, -0.15) is 13.2 Å². The van der Waals surface area contributed by atoms with Gasteiger partial charge >= 0.3 is 6.18 Å². The Hall–Kier alpha value is -3.05. The van der Waals surface area contributed by atoms with E-state index in [0.29, 0.717) is 37.3 Å². The van der Waals surface area contributed by atoms with Crippen molar-refractivity contribution in [3.63, 3.8) is 0 Å².